The van der Waals surface area contributed by atoms with Crippen molar-refractivity contribution < 1.29 is 44.3 Å². The van der Waals surface area contributed by atoms with Crippen LogP contribution < -0.4 is 29.6 Å². The Labute approximate surface area is 80.7 Å². The number of halogens is 1. The van der Waals surface area contributed by atoms with Gasteiger partial charge in [-0.2, -0.15) is 4.21 Å². The molecule has 0 atom stereocenters. The summed E-state index contributed by atoms with van der Waals surface area (Å²) in [7, 11) is -3.83. The first-order chi connectivity index (χ1) is 2.00. The third-order valence-electron chi connectivity index (χ3n) is 0. The van der Waals surface area contributed by atoms with Crippen molar-refractivity contribution in [3.05, 3.63) is 0 Å². The first-order valence-corrected chi connectivity index (χ1v) is 3.10. The molecule has 0 radical (unpaired) electrons. The van der Waals surface area contributed by atoms with Crippen molar-refractivity contribution in [1.29, 1.82) is 0 Å². The van der Waals surface area contributed by atoms with Gasteiger partial charge in [-0.3, -0.25) is 9.11 Å². The van der Waals surface area contributed by atoms with E-state index >= 15 is 0 Å². The van der Waals surface area contributed by atoms with Crippen molar-refractivity contribution >= 4 is 37.2 Å². The van der Waals surface area contributed by atoms with Crippen LogP contribution in [-0.4, -0.2) is 13.3 Å². The van der Waals surface area contributed by atoms with E-state index in [0.29, 0.717) is 0 Å². The van der Waals surface area contributed by atoms with Crippen LogP contribution in [0.1, 0.15) is 1.43 Å². The van der Waals surface area contributed by atoms with Crippen LogP contribution >= 0.6 is 17.0 Å². The number of hydrogen-bond donors (Lipinski definition) is 2. The number of rotatable bonds is 0. The quantitative estimate of drug-likeness (QED) is 0.438. The van der Waals surface area contributed by atoms with Crippen LogP contribution in [0.2, 0.25) is 0 Å². The molecule has 0 fully saturated rings. The molecule has 0 aromatic heterocycles. The molecule has 0 saturated heterocycles. The molecule has 0 aliphatic heterocycles. The van der Waals surface area contributed by atoms with Crippen LogP contribution in [0.5, 0.6) is 0 Å². The Bertz CT molecular complexity index is 100. The van der Waals surface area contributed by atoms with Gasteiger partial charge in [-0.05, 0) is 0 Å². The van der Waals surface area contributed by atoms with Crippen molar-refractivity contribution in [1.82, 2.24) is 0 Å². The Morgan fingerprint density at radius 2 is 1.57 bits per heavy atom. The molecule has 0 heterocycles. The van der Waals surface area contributed by atoms with E-state index in [1.165, 1.54) is 0 Å². The largest absolute Gasteiger partial charge is 1.00 e. The second kappa shape index (κ2) is 5.90. The third kappa shape index (κ3) is 82.6. The molecule has 0 amide bonds. The zero-order chi connectivity index (χ0) is 4.50. The summed E-state index contributed by atoms with van der Waals surface area (Å²) in [6.45, 7) is 0. The summed E-state index contributed by atoms with van der Waals surface area (Å²) >= 11 is 3.47. The van der Waals surface area contributed by atoms with E-state index in [1.54, 1.807) is 0 Å². The predicted molar refractivity (Wildman–Crippen MR) is 32.2 cm³/mol. The van der Waals surface area contributed by atoms with Gasteiger partial charge in [0.2, 0.25) is 0 Å². The zero-order valence-electron chi connectivity index (χ0n) is 4.53. The second-order valence-corrected chi connectivity index (χ2v) is 2.65. The van der Waals surface area contributed by atoms with Crippen LogP contribution in [0, 0.1) is 0 Å². The van der Waals surface area contributed by atoms with Crippen LogP contribution in [0.4, 0.5) is 0 Å². The van der Waals surface area contributed by atoms with Crippen molar-refractivity contribution in [2.75, 3.05) is 0 Å². The van der Waals surface area contributed by atoms with E-state index in [0.717, 1.165) is 0 Å². The SMILES string of the molecule is Br.O=S(O)(O)=S.[H-].[Na+]. The first-order valence-electron chi connectivity index (χ1n) is 0.698. The molecule has 0 spiro atoms. The Balaban J connectivity index is -0.0000000267. The number of hydrogen-bond acceptors (Lipinski definition) is 2. The topological polar surface area (TPSA) is 57.5 Å². The predicted octanol–water partition coefficient (Wildman–Crippen LogP) is -2.63. The Morgan fingerprint density at radius 1 is 1.57 bits per heavy atom. The maximum Gasteiger partial charge on any atom is 1.00 e. The van der Waals surface area contributed by atoms with E-state index < -0.39 is 9.05 Å². The molecule has 0 aromatic rings. The van der Waals surface area contributed by atoms with Gasteiger partial charge in [-0.25, -0.2) is 0 Å². The smallest absolute Gasteiger partial charge is 1.00 e. The van der Waals surface area contributed by atoms with Crippen molar-refractivity contribution in [3.8, 4) is 0 Å². The average Bonchev–Trinajstić information content (AvgIpc) is 0.722. The van der Waals surface area contributed by atoms with Crippen molar-refractivity contribution in [2.45, 2.75) is 0 Å². The monoisotopic (exact) mass is 218 g/mol. The van der Waals surface area contributed by atoms with Gasteiger partial charge in [-0.1, -0.05) is 0 Å². The minimum Gasteiger partial charge on any atom is -1.00 e. The molecule has 3 nitrogen and oxygen atoms in total. The van der Waals surface area contributed by atoms with Gasteiger partial charge in [0.15, 0.2) is 0 Å². The summed E-state index contributed by atoms with van der Waals surface area (Å²) in [5, 5.41) is 0. The molecule has 7 heavy (non-hydrogen) atoms. The molecule has 7 heteroatoms. The second-order valence-electron chi connectivity index (χ2n) is 0.448. The van der Waals surface area contributed by atoms with E-state index in [-0.39, 0.29) is 48.0 Å². The van der Waals surface area contributed by atoms with Crippen LogP contribution in [-0.2, 0) is 20.2 Å². The molecule has 2 N–H and O–H groups in total. The van der Waals surface area contributed by atoms with Gasteiger partial charge in [0, 0.05) is 11.2 Å². The van der Waals surface area contributed by atoms with Gasteiger partial charge >= 0.3 is 29.6 Å². The van der Waals surface area contributed by atoms with Gasteiger partial charge in [0.1, 0.15) is 0 Å². The fraction of sp³-hybridized carbons (Fsp3) is 0. The normalized spacial score (nSPS) is 8.29. The summed E-state index contributed by atoms with van der Waals surface area (Å²) in [6, 6.07) is 0. The van der Waals surface area contributed by atoms with Gasteiger partial charge < -0.3 is 1.43 Å². The Hall–Kier alpha value is 1.77. The molecule has 0 rings (SSSR count). The summed E-state index contributed by atoms with van der Waals surface area (Å²) in [6.07, 6.45) is 0. The zero-order valence-corrected chi connectivity index (χ0v) is 8.87. The molecule has 0 aliphatic rings. The summed E-state index contributed by atoms with van der Waals surface area (Å²) in [5.41, 5.74) is 0. The maximum atomic E-state index is 9.11. The van der Waals surface area contributed by atoms with E-state index in [2.05, 4.69) is 11.2 Å². The van der Waals surface area contributed by atoms with E-state index in [9.17, 15) is 0 Å². The van der Waals surface area contributed by atoms with Crippen LogP contribution in [0.3, 0.4) is 0 Å². The van der Waals surface area contributed by atoms with Gasteiger partial charge in [0.05, 0.1) is 0 Å². The summed E-state index contributed by atoms with van der Waals surface area (Å²) in [4.78, 5) is 0. The van der Waals surface area contributed by atoms with Crippen LogP contribution in [0.25, 0.3) is 0 Å². The minimum absolute atomic E-state index is 0. The van der Waals surface area contributed by atoms with E-state index in [1.807, 2.05) is 0 Å². The molecule has 0 aromatic carbocycles. The Kier molecular flexibility index (Phi) is 13.4. The third-order valence-corrected chi connectivity index (χ3v) is 0. The first kappa shape index (κ1) is 15.9. The Morgan fingerprint density at radius 3 is 1.57 bits per heavy atom. The van der Waals surface area contributed by atoms with Gasteiger partial charge in [-0.15, -0.1) is 17.0 Å². The van der Waals surface area contributed by atoms with Crippen LogP contribution in [0.15, 0.2) is 0 Å². The fourth-order valence-electron chi connectivity index (χ4n) is 0. The van der Waals surface area contributed by atoms with Crippen molar-refractivity contribution in [2.24, 2.45) is 0 Å². The summed E-state index contributed by atoms with van der Waals surface area (Å²) in [5.74, 6) is 0. The average molecular weight is 219 g/mol. The molecule has 0 aliphatic carbocycles. The minimum atomic E-state index is -3.83. The van der Waals surface area contributed by atoms with E-state index in [4.69, 9.17) is 13.3 Å². The molecule has 0 unspecified atom stereocenters. The fourth-order valence-corrected chi connectivity index (χ4v) is 0. The molecular weight excluding hydrogens is 215 g/mol. The standard InChI is InChI=1S/BrH.Na.H2O3S2.H/c;;1-5(2,3)4;/h1H;;(H2,1,2,3,4);/q;+1;;-1. The molecule has 42 valence electrons. The molecular formula is H4BrNaO3S2. The summed E-state index contributed by atoms with van der Waals surface area (Å²) < 4.78 is 24.0. The molecule has 0 saturated carbocycles. The molecule has 0 bridgehead atoms. The maximum absolute atomic E-state index is 9.11. The van der Waals surface area contributed by atoms with Crippen molar-refractivity contribution in [3.63, 3.8) is 0 Å². The van der Waals surface area contributed by atoms with Gasteiger partial charge in [0.25, 0.3) is 9.05 Å².